The molecule has 2 aromatic carbocycles. The highest BCUT2D eigenvalue weighted by atomic mass is 32.2. The van der Waals surface area contributed by atoms with Gasteiger partial charge >= 0.3 is 0 Å². The fourth-order valence-electron chi connectivity index (χ4n) is 2.35. The molecule has 1 aliphatic heterocycles. The number of aryl methyl sites for hydroxylation is 1. The van der Waals surface area contributed by atoms with E-state index in [1.54, 1.807) is 12.1 Å². The number of hydrogen-bond donors (Lipinski definition) is 2. The number of imide groups is 1. The molecule has 1 aliphatic rings. The Morgan fingerprint density at radius 1 is 0.957 bits per heavy atom. The minimum absolute atomic E-state index is 0.135. The summed E-state index contributed by atoms with van der Waals surface area (Å²) in [6, 6.07) is 10.8. The molecular weight excluding hydrogens is 316 g/mol. The standard InChI is InChI=1S/C16H14N2O4S/c1-2-10-3-6-12(7-4-10)23(21,22)18-11-5-8-13-14(9-11)16(20)17-15(13)19/h3-9,18H,2H2,1H3,(H,17,19,20). The molecule has 0 saturated carbocycles. The Morgan fingerprint density at radius 2 is 1.61 bits per heavy atom. The molecular formula is C16H14N2O4S. The zero-order chi connectivity index (χ0) is 16.6. The van der Waals surface area contributed by atoms with Crippen LogP contribution in [0.3, 0.4) is 0 Å². The van der Waals surface area contributed by atoms with Gasteiger partial charge in [-0.2, -0.15) is 0 Å². The number of fused-ring (bicyclic) bond motifs is 1. The molecule has 0 fully saturated rings. The van der Waals surface area contributed by atoms with Gasteiger partial charge in [0.05, 0.1) is 16.0 Å². The summed E-state index contributed by atoms with van der Waals surface area (Å²) < 4.78 is 27.2. The zero-order valence-corrected chi connectivity index (χ0v) is 13.1. The van der Waals surface area contributed by atoms with E-state index in [0.717, 1.165) is 12.0 Å². The summed E-state index contributed by atoms with van der Waals surface area (Å²) in [5.74, 6) is -1.01. The van der Waals surface area contributed by atoms with Gasteiger partial charge in [0.1, 0.15) is 0 Å². The van der Waals surface area contributed by atoms with E-state index in [9.17, 15) is 18.0 Å². The lowest BCUT2D eigenvalue weighted by molar-refractivity contribution is 0.0879. The van der Waals surface area contributed by atoms with Crippen molar-refractivity contribution in [3.05, 3.63) is 59.2 Å². The predicted molar refractivity (Wildman–Crippen MR) is 84.9 cm³/mol. The number of sulfonamides is 1. The van der Waals surface area contributed by atoms with Crippen LogP contribution in [-0.2, 0) is 16.4 Å². The zero-order valence-electron chi connectivity index (χ0n) is 12.3. The highest BCUT2D eigenvalue weighted by molar-refractivity contribution is 7.92. The van der Waals surface area contributed by atoms with Gasteiger partial charge in [0, 0.05) is 5.69 Å². The molecule has 0 bridgehead atoms. The summed E-state index contributed by atoms with van der Waals surface area (Å²) in [6.07, 6.45) is 0.821. The van der Waals surface area contributed by atoms with Crippen LogP contribution in [0.4, 0.5) is 5.69 Å². The van der Waals surface area contributed by atoms with Gasteiger partial charge in [-0.1, -0.05) is 19.1 Å². The summed E-state index contributed by atoms with van der Waals surface area (Å²) in [4.78, 5) is 23.2. The predicted octanol–water partition coefficient (Wildman–Crippen LogP) is 1.93. The van der Waals surface area contributed by atoms with Crippen LogP contribution in [0.1, 0.15) is 33.2 Å². The molecule has 0 saturated heterocycles. The van der Waals surface area contributed by atoms with Gasteiger partial charge in [-0.15, -0.1) is 0 Å². The molecule has 1 heterocycles. The maximum Gasteiger partial charge on any atom is 0.261 e. The lowest BCUT2D eigenvalue weighted by Crippen LogP contribution is -2.19. The van der Waals surface area contributed by atoms with E-state index >= 15 is 0 Å². The largest absolute Gasteiger partial charge is 0.288 e. The fraction of sp³-hybridized carbons (Fsp3) is 0.125. The van der Waals surface area contributed by atoms with Gasteiger partial charge < -0.3 is 0 Å². The Morgan fingerprint density at radius 3 is 2.26 bits per heavy atom. The van der Waals surface area contributed by atoms with Crippen molar-refractivity contribution in [2.45, 2.75) is 18.2 Å². The van der Waals surface area contributed by atoms with E-state index < -0.39 is 21.8 Å². The van der Waals surface area contributed by atoms with E-state index in [-0.39, 0.29) is 21.7 Å². The van der Waals surface area contributed by atoms with E-state index in [0.29, 0.717) is 0 Å². The van der Waals surface area contributed by atoms with Gasteiger partial charge in [-0.3, -0.25) is 19.6 Å². The normalized spacial score (nSPS) is 13.6. The van der Waals surface area contributed by atoms with Gasteiger partial charge in [0.2, 0.25) is 0 Å². The third-order valence-electron chi connectivity index (χ3n) is 3.63. The third-order valence-corrected chi connectivity index (χ3v) is 5.03. The molecule has 0 radical (unpaired) electrons. The van der Waals surface area contributed by atoms with E-state index in [4.69, 9.17) is 0 Å². The van der Waals surface area contributed by atoms with Gasteiger partial charge in [0.15, 0.2) is 0 Å². The molecule has 7 heteroatoms. The number of hydrogen-bond acceptors (Lipinski definition) is 4. The molecule has 0 atom stereocenters. The Balaban J connectivity index is 1.90. The summed E-state index contributed by atoms with van der Waals surface area (Å²) in [6.45, 7) is 1.98. The van der Waals surface area contributed by atoms with Gasteiger partial charge in [-0.25, -0.2) is 8.42 Å². The van der Waals surface area contributed by atoms with Crippen LogP contribution < -0.4 is 10.0 Å². The Bertz CT molecular complexity index is 902. The summed E-state index contributed by atoms with van der Waals surface area (Å²) >= 11 is 0. The maximum absolute atomic E-state index is 12.4. The molecule has 2 aromatic rings. The lowest BCUT2D eigenvalue weighted by Gasteiger charge is -2.09. The number of nitrogens with one attached hydrogen (secondary N) is 2. The summed E-state index contributed by atoms with van der Waals surface area (Å²) in [7, 11) is -3.75. The number of carbonyl (C=O) groups excluding carboxylic acids is 2. The average molecular weight is 330 g/mol. The van der Waals surface area contributed by atoms with Crippen LogP contribution in [0, 0.1) is 0 Å². The van der Waals surface area contributed by atoms with Crippen molar-refractivity contribution in [3.63, 3.8) is 0 Å². The maximum atomic E-state index is 12.4. The number of benzene rings is 2. The smallest absolute Gasteiger partial charge is 0.261 e. The quantitative estimate of drug-likeness (QED) is 0.838. The Labute approximate surface area is 133 Å². The SMILES string of the molecule is CCc1ccc(S(=O)(=O)Nc2ccc3c(c2)C(=O)NC3=O)cc1. The number of rotatable bonds is 4. The molecule has 23 heavy (non-hydrogen) atoms. The monoisotopic (exact) mass is 330 g/mol. The van der Waals surface area contributed by atoms with Crippen LogP contribution in [0.2, 0.25) is 0 Å². The van der Waals surface area contributed by atoms with Crippen LogP contribution in [0.5, 0.6) is 0 Å². The summed E-state index contributed by atoms with van der Waals surface area (Å²) in [5, 5.41) is 2.16. The molecule has 0 aliphatic carbocycles. The highest BCUT2D eigenvalue weighted by Crippen LogP contribution is 2.22. The van der Waals surface area contributed by atoms with Crippen molar-refractivity contribution in [2.75, 3.05) is 4.72 Å². The van der Waals surface area contributed by atoms with Crippen molar-refractivity contribution in [1.82, 2.24) is 5.32 Å². The van der Waals surface area contributed by atoms with Crippen LogP contribution >= 0.6 is 0 Å². The molecule has 6 nitrogen and oxygen atoms in total. The summed E-state index contributed by atoms with van der Waals surface area (Å²) in [5.41, 5.74) is 1.67. The van der Waals surface area contributed by atoms with Crippen LogP contribution in [0.15, 0.2) is 47.4 Å². The Hall–Kier alpha value is -2.67. The van der Waals surface area contributed by atoms with Crippen molar-refractivity contribution in [2.24, 2.45) is 0 Å². The highest BCUT2D eigenvalue weighted by Gasteiger charge is 2.27. The third kappa shape index (κ3) is 2.83. The van der Waals surface area contributed by atoms with Gasteiger partial charge in [0.25, 0.3) is 21.8 Å². The molecule has 2 amide bonds. The second-order valence-corrected chi connectivity index (χ2v) is 6.83. The van der Waals surface area contributed by atoms with Crippen molar-refractivity contribution in [3.8, 4) is 0 Å². The molecule has 3 rings (SSSR count). The average Bonchev–Trinajstić information content (AvgIpc) is 2.81. The first-order valence-electron chi connectivity index (χ1n) is 7.02. The topological polar surface area (TPSA) is 92.3 Å². The molecule has 0 aromatic heterocycles. The molecule has 2 N–H and O–H groups in total. The molecule has 0 unspecified atom stereocenters. The van der Waals surface area contributed by atoms with Gasteiger partial charge in [-0.05, 0) is 42.3 Å². The first kappa shape index (κ1) is 15.2. The fourth-order valence-corrected chi connectivity index (χ4v) is 3.40. The first-order valence-corrected chi connectivity index (χ1v) is 8.50. The van der Waals surface area contributed by atoms with E-state index in [2.05, 4.69) is 10.0 Å². The molecule has 118 valence electrons. The lowest BCUT2D eigenvalue weighted by atomic mass is 10.1. The minimum atomic E-state index is -3.75. The second kappa shape index (κ2) is 5.51. The van der Waals surface area contributed by atoms with Crippen molar-refractivity contribution < 1.29 is 18.0 Å². The van der Waals surface area contributed by atoms with Crippen LogP contribution in [-0.4, -0.2) is 20.2 Å². The Kier molecular flexibility index (Phi) is 3.65. The number of anilines is 1. The van der Waals surface area contributed by atoms with Crippen LogP contribution in [0.25, 0.3) is 0 Å². The second-order valence-electron chi connectivity index (χ2n) is 5.15. The van der Waals surface area contributed by atoms with Crippen molar-refractivity contribution in [1.29, 1.82) is 0 Å². The first-order chi connectivity index (χ1) is 10.9. The molecule has 0 spiro atoms. The van der Waals surface area contributed by atoms with E-state index in [1.807, 2.05) is 6.92 Å². The minimum Gasteiger partial charge on any atom is -0.288 e. The number of carbonyl (C=O) groups is 2. The van der Waals surface area contributed by atoms with Crippen molar-refractivity contribution >= 4 is 27.5 Å². The van der Waals surface area contributed by atoms with E-state index in [1.165, 1.54) is 30.3 Å². The number of amides is 2.